The van der Waals surface area contributed by atoms with E-state index in [1.165, 1.54) is 95.0 Å². The summed E-state index contributed by atoms with van der Waals surface area (Å²) in [6.07, 6.45) is 8.91. The first kappa shape index (κ1) is 30.4. The van der Waals surface area contributed by atoms with E-state index in [4.69, 9.17) is 0 Å². The minimum atomic E-state index is -0.404. The van der Waals surface area contributed by atoms with Gasteiger partial charge in [0, 0.05) is 22.2 Å². The molecule has 0 radical (unpaired) electrons. The van der Waals surface area contributed by atoms with E-state index in [2.05, 4.69) is 195 Å². The van der Waals surface area contributed by atoms with Crippen molar-refractivity contribution in [2.75, 3.05) is 4.90 Å². The molecule has 0 aliphatic heterocycles. The van der Waals surface area contributed by atoms with E-state index in [0.29, 0.717) is 0 Å². The van der Waals surface area contributed by atoms with Crippen LogP contribution in [-0.4, -0.2) is 0 Å². The monoisotopic (exact) mass is 677 g/mol. The van der Waals surface area contributed by atoms with Crippen LogP contribution in [0.15, 0.2) is 176 Å². The van der Waals surface area contributed by atoms with Gasteiger partial charge in [0.2, 0.25) is 0 Å². The third kappa shape index (κ3) is 4.03. The zero-order chi connectivity index (χ0) is 35.3. The fraction of sp³-hybridized carbons (Fsp3) is 0.115. The quantitative estimate of drug-likeness (QED) is 0.179. The molecule has 4 aliphatic carbocycles. The number of rotatable bonds is 4. The first-order valence-electron chi connectivity index (χ1n) is 19.0. The van der Waals surface area contributed by atoms with Gasteiger partial charge in [-0.1, -0.05) is 166 Å². The highest BCUT2D eigenvalue weighted by Gasteiger charge is 2.52. The van der Waals surface area contributed by atoms with Crippen molar-refractivity contribution in [3.63, 3.8) is 0 Å². The van der Waals surface area contributed by atoms with Crippen LogP contribution >= 0.6 is 0 Å². The van der Waals surface area contributed by atoms with Gasteiger partial charge in [0.1, 0.15) is 0 Å². The molecule has 0 fully saturated rings. The molecule has 1 heteroatoms. The number of hydrogen-bond donors (Lipinski definition) is 0. The van der Waals surface area contributed by atoms with Crippen molar-refractivity contribution in [3.05, 3.63) is 215 Å². The van der Waals surface area contributed by atoms with Gasteiger partial charge in [0.15, 0.2) is 0 Å². The topological polar surface area (TPSA) is 3.24 Å². The van der Waals surface area contributed by atoms with Gasteiger partial charge in [-0.05, 0) is 104 Å². The Morgan fingerprint density at radius 3 is 1.66 bits per heavy atom. The molecule has 53 heavy (non-hydrogen) atoms. The lowest BCUT2D eigenvalue weighted by atomic mass is 9.70. The number of anilines is 3. The maximum Gasteiger partial charge on any atom is 0.0726 e. The number of fused-ring (bicyclic) bond motifs is 13. The van der Waals surface area contributed by atoms with E-state index >= 15 is 0 Å². The molecule has 1 nitrogen and oxygen atoms in total. The highest BCUT2D eigenvalue weighted by molar-refractivity contribution is 6.02. The first-order chi connectivity index (χ1) is 26.1. The van der Waals surface area contributed by atoms with Crippen LogP contribution in [0.1, 0.15) is 65.6 Å². The summed E-state index contributed by atoms with van der Waals surface area (Å²) in [7, 11) is 0. The van der Waals surface area contributed by atoms with E-state index < -0.39 is 5.41 Å². The van der Waals surface area contributed by atoms with Crippen molar-refractivity contribution in [1.82, 2.24) is 0 Å². The first-order valence-corrected chi connectivity index (χ1v) is 19.0. The fourth-order valence-corrected chi connectivity index (χ4v) is 10.3. The van der Waals surface area contributed by atoms with Gasteiger partial charge in [-0.3, -0.25) is 0 Å². The van der Waals surface area contributed by atoms with Gasteiger partial charge in [0.25, 0.3) is 0 Å². The molecule has 7 aromatic rings. The highest BCUT2D eigenvalue weighted by atomic mass is 15.1. The number of hydrogen-bond acceptors (Lipinski definition) is 1. The summed E-state index contributed by atoms with van der Waals surface area (Å²) in [5.74, 6) is 0. The molecule has 4 aliphatic rings. The molecule has 0 saturated carbocycles. The van der Waals surface area contributed by atoms with Crippen LogP contribution in [0.25, 0.3) is 39.0 Å². The molecular formula is C52H39N. The largest absolute Gasteiger partial charge is 0.309 e. The normalized spacial score (nSPS) is 15.9. The Morgan fingerprint density at radius 2 is 0.981 bits per heavy atom. The molecule has 0 atom stereocenters. The second-order valence-electron chi connectivity index (χ2n) is 15.5. The maximum atomic E-state index is 2.58. The van der Waals surface area contributed by atoms with Crippen molar-refractivity contribution < 1.29 is 0 Å². The summed E-state index contributed by atoms with van der Waals surface area (Å²) in [4.78, 5) is 2.58. The highest BCUT2D eigenvalue weighted by Crippen LogP contribution is 2.65. The lowest BCUT2D eigenvalue weighted by Gasteiger charge is -2.33. The van der Waals surface area contributed by atoms with Crippen molar-refractivity contribution >= 4 is 22.6 Å². The fourth-order valence-electron chi connectivity index (χ4n) is 10.3. The molecule has 0 N–H and O–H groups in total. The third-order valence-corrected chi connectivity index (χ3v) is 12.6. The molecule has 7 aromatic carbocycles. The van der Waals surface area contributed by atoms with E-state index in [1.54, 1.807) is 0 Å². The zero-order valence-electron chi connectivity index (χ0n) is 30.1. The zero-order valence-corrected chi connectivity index (χ0v) is 30.1. The molecule has 1 spiro atoms. The Morgan fingerprint density at radius 1 is 0.453 bits per heavy atom. The summed E-state index contributed by atoms with van der Waals surface area (Å²) in [5, 5.41) is 0. The van der Waals surface area contributed by atoms with Gasteiger partial charge in [-0.15, -0.1) is 0 Å². The Hall–Kier alpha value is -6.18. The Bertz CT molecular complexity index is 2670. The summed E-state index contributed by atoms with van der Waals surface area (Å²) < 4.78 is 0. The summed E-state index contributed by atoms with van der Waals surface area (Å²) >= 11 is 0. The lowest BCUT2D eigenvalue weighted by Crippen LogP contribution is -2.26. The van der Waals surface area contributed by atoms with E-state index in [1.807, 2.05) is 0 Å². The minimum absolute atomic E-state index is 0.115. The van der Waals surface area contributed by atoms with Crippen LogP contribution < -0.4 is 4.90 Å². The smallest absolute Gasteiger partial charge is 0.0726 e. The van der Waals surface area contributed by atoms with E-state index in [9.17, 15) is 0 Å². The lowest BCUT2D eigenvalue weighted by molar-refractivity contribution is 0.660. The SMILES string of the molecule is CC1(C)c2ccccc2-c2ccc(N(c3ccccc3C3=CC=CCC3)c3cccc4c3-c3ccccc3C43c4ccccc4-c4ccccc43)cc21. The second kappa shape index (κ2) is 11.2. The van der Waals surface area contributed by atoms with Gasteiger partial charge in [-0.25, -0.2) is 0 Å². The predicted octanol–water partition coefficient (Wildman–Crippen LogP) is 13.5. The molecule has 0 aromatic heterocycles. The van der Waals surface area contributed by atoms with Crippen LogP contribution in [0, 0.1) is 0 Å². The molecule has 11 rings (SSSR count). The van der Waals surface area contributed by atoms with E-state index in [-0.39, 0.29) is 5.41 Å². The van der Waals surface area contributed by atoms with Crippen LogP contribution in [0.4, 0.5) is 17.1 Å². The summed E-state index contributed by atoms with van der Waals surface area (Å²) in [5.41, 5.74) is 21.9. The van der Waals surface area contributed by atoms with Gasteiger partial charge in [0.05, 0.1) is 16.8 Å². The minimum Gasteiger partial charge on any atom is -0.309 e. The van der Waals surface area contributed by atoms with Crippen molar-refractivity contribution in [3.8, 4) is 33.4 Å². The Balaban J connectivity index is 1.23. The Kier molecular flexibility index (Phi) is 6.41. The van der Waals surface area contributed by atoms with Crippen LogP contribution in [-0.2, 0) is 10.8 Å². The summed E-state index contributed by atoms with van der Waals surface area (Å²) in [6, 6.07) is 59.7. The molecule has 252 valence electrons. The summed E-state index contributed by atoms with van der Waals surface area (Å²) in [6.45, 7) is 4.77. The number of nitrogens with zero attached hydrogens (tertiary/aromatic N) is 1. The average molecular weight is 678 g/mol. The number of benzene rings is 7. The standard InChI is InChI=1S/C52H39N/c1-51(2)42-24-11-6-20-37(42)40-32-31-35(33-47(40)51)53(48-29-15-10-19-36(48)34-17-4-3-5-18-34)49-30-16-28-46-50(49)41-23-9-14-27-45(41)52(46)43-25-12-7-21-38(43)39-22-8-13-26-44(39)52/h3-4,6-17,19-33H,5,18H2,1-2H3. The van der Waals surface area contributed by atoms with Crippen LogP contribution in [0.5, 0.6) is 0 Å². The molecule has 0 heterocycles. The van der Waals surface area contributed by atoms with Crippen LogP contribution in [0.2, 0.25) is 0 Å². The molecule has 0 unspecified atom stereocenters. The maximum absolute atomic E-state index is 2.58. The Labute approximate surface area is 312 Å². The van der Waals surface area contributed by atoms with Crippen LogP contribution in [0.3, 0.4) is 0 Å². The molecule has 0 bridgehead atoms. The molecular weight excluding hydrogens is 639 g/mol. The third-order valence-electron chi connectivity index (χ3n) is 12.6. The van der Waals surface area contributed by atoms with E-state index in [0.717, 1.165) is 12.8 Å². The molecule has 0 amide bonds. The predicted molar refractivity (Wildman–Crippen MR) is 221 cm³/mol. The number of para-hydroxylation sites is 1. The second-order valence-corrected chi connectivity index (χ2v) is 15.5. The van der Waals surface area contributed by atoms with Gasteiger partial charge < -0.3 is 4.90 Å². The van der Waals surface area contributed by atoms with Crippen molar-refractivity contribution in [2.24, 2.45) is 0 Å². The number of allylic oxidation sites excluding steroid dienone is 4. The van der Waals surface area contributed by atoms with Gasteiger partial charge in [-0.2, -0.15) is 0 Å². The van der Waals surface area contributed by atoms with Crippen molar-refractivity contribution in [1.29, 1.82) is 0 Å². The average Bonchev–Trinajstić information content (AvgIpc) is 3.78. The van der Waals surface area contributed by atoms with Gasteiger partial charge >= 0.3 is 0 Å². The molecule has 0 saturated heterocycles. The van der Waals surface area contributed by atoms with Crippen molar-refractivity contribution in [2.45, 2.75) is 37.5 Å².